The highest BCUT2D eigenvalue weighted by Crippen LogP contribution is 2.33. The highest BCUT2D eigenvalue weighted by Gasteiger charge is 2.25. The SMILES string of the molecule is Cc1ccccc1C1CCN(c2ncccc2S(C)(=O)=O)CC1. The predicted molar refractivity (Wildman–Crippen MR) is 92.7 cm³/mol. The standard InChI is InChI=1S/C18H22N2O2S/c1-14-6-3-4-7-16(14)15-9-12-20(13-10-15)18-17(23(2,21)22)8-5-11-19-18/h3-8,11,15H,9-10,12-13H2,1-2H3. The fourth-order valence-electron chi connectivity index (χ4n) is 3.36. The molecule has 0 amide bonds. The molecule has 1 aliphatic rings. The summed E-state index contributed by atoms with van der Waals surface area (Å²) >= 11 is 0. The quantitative estimate of drug-likeness (QED) is 0.867. The van der Waals surface area contributed by atoms with Crippen molar-refractivity contribution in [2.75, 3.05) is 24.2 Å². The minimum atomic E-state index is -3.26. The molecule has 0 N–H and O–H groups in total. The van der Waals surface area contributed by atoms with Crippen LogP contribution in [-0.2, 0) is 9.84 Å². The fraction of sp³-hybridized carbons (Fsp3) is 0.389. The summed E-state index contributed by atoms with van der Waals surface area (Å²) in [5.41, 5.74) is 2.75. The number of hydrogen-bond acceptors (Lipinski definition) is 4. The summed E-state index contributed by atoms with van der Waals surface area (Å²) in [4.78, 5) is 6.76. The largest absolute Gasteiger partial charge is 0.355 e. The van der Waals surface area contributed by atoms with Crippen molar-refractivity contribution in [1.29, 1.82) is 0 Å². The monoisotopic (exact) mass is 330 g/mol. The molecule has 5 heteroatoms. The first-order valence-electron chi connectivity index (χ1n) is 7.92. The molecule has 0 unspecified atom stereocenters. The summed E-state index contributed by atoms with van der Waals surface area (Å²) in [6.07, 6.45) is 4.94. The average molecular weight is 330 g/mol. The molecule has 1 saturated heterocycles. The van der Waals surface area contributed by atoms with Crippen LogP contribution in [0, 0.1) is 6.92 Å². The van der Waals surface area contributed by atoms with Crippen LogP contribution >= 0.6 is 0 Å². The van der Waals surface area contributed by atoms with Crippen molar-refractivity contribution in [2.45, 2.75) is 30.6 Å². The molecular weight excluding hydrogens is 308 g/mol. The topological polar surface area (TPSA) is 50.3 Å². The third kappa shape index (κ3) is 3.39. The van der Waals surface area contributed by atoms with E-state index in [2.05, 4.69) is 41.1 Å². The molecule has 122 valence electrons. The van der Waals surface area contributed by atoms with Crippen molar-refractivity contribution in [3.05, 3.63) is 53.7 Å². The van der Waals surface area contributed by atoms with Crippen LogP contribution in [-0.4, -0.2) is 32.7 Å². The van der Waals surface area contributed by atoms with E-state index in [1.165, 1.54) is 17.4 Å². The van der Waals surface area contributed by atoms with Gasteiger partial charge in [-0.15, -0.1) is 0 Å². The van der Waals surface area contributed by atoms with Crippen molar-refractivity contribution < 1.29 is 8.42 Å². The van der Waals surface area contributed by atoms with E-state index in [1.807, 2.05) is 0 Å². The highest BCUT2D eigenvalue weighted by atomic mass is 32.2. The Morgan fingerprint density at radius 2 is 1.78 bits per heavy atom. The third-order valence-electron chi connectivity index (χ3n) is 4.57. The van der Waals surface area contributed by atoms with Gasteiger partial charge in [-0.1, -0.05) is 24.3 Å². The Morgan fingerprint density at radius 3 is 2.43 bits per heavy atom. The van der Waals surface area contributed by atoms with Crippen molar-refractivity contribution in [3.63, 3.8) is 0 Å². The second-order valence-electron chi connectivity index (χ2n) is 6.22. The summed E-state index contributed by atoms with van der Waals surface area (Å²) in [5.74, 6) is 1.14. The molecule has 4 nitrogen and oxygen atoms in total. The molecule has 2 heterocycles. The number of pyridine rings is 1. The van der Waals surface area contributed by atoms with Gasteiger partial charge in [0.25, 0.3) is 0 Å². The maximum Gasteiger partial charge on any atom is 0.179 e. The van der Waals surface area contributed by atoms with Crippen LogP contribution in [0.15, 0.2) is 47.5 Å². The number of aryl methyl sites for hydroxylation is 1. The lowest BCUT2D eigenvalue weighted by Crippen LogP contribution is -2.34. The zero-order chi connectivity index (χ0) is 16.4. The number of sulfone groups is 1. The van der Waals surface area contributed by atoms with Gasteiger partial charge in [0.15, 0.2) is 9.84 Å². The predicted octanol–water partition coefficient (Wildman–Crippen LogP) is 3.18. The van der Waals surface area contributed by atoms with E-state index >= 15 is 0 Å². The van der Waals surface area contributed by atoms with Gasteiger partial charge in [-0.3, -0.25) is 0 Å². The van der Waals surface area contributed by atoms with Gasteiger partial charge in [0.1, 0.15) is 10.7 Å². The zero-order valence-corrected chi connectivity index (χ0v) is 14.4. The van der Waals surface area contributed by atoms with Crippen LogP contribution in [0.4, 0.5) is 5.82 Å². The van der Waals surface area contributed by atoms with Gasteiger partial charge in [-0.2, -0.15) is 0 Å². The van der Waals surface area contributed by atoms with E-state index < -0.39 is 9.84 Å². The number of aromatic nitrogens is 1. The third-order valence-corrected chi connectivity index (χ3v) is 5.69. The lowest BCUT2D eigenvalue weighted by atomic mass is 9.87. The Hall–Kier alpha value is -1.88. The molecule has 0 radical (unpaired) electrons. The van der Waals surface area contributed by atoms with Crippen molar-refractivity contribution in [3.8, 4) is 0 Å². The minimum Gasteiger partial charge on any atom is -0.355 e. The van der Waals surface area contributed by atoms with Gasteiger partial charge < -0.3 is 4.90 Å². The Bertz CT molecular complexity index is 794. The smallest absolute Gasteiger partial charge is 0.179 e. The summed E-state index contributed by atoms with van der Waals surface area (Å²) in [6.45, 7) is 3.82. The van der Waals surface area contributed by atoms with Crippen LogP contribution in [0.1, 0.15) is 29.9 Å². The van der Waals surface area contributed by atoms with Crippen LogP contribution in [0.5, 0.6) is 0 Å². The number of piperidine rings is 1. The van der Waals surface area contributed by atoms with E-state index in [0.29, 0.717) is 16.6 Å². The first-order valence-corrected chi connectivity index (χ1v) is 9.81. The normalized spacial score (nSPS) is 16.5. The van der Waals surface area contributed by atoms with E-state index in [4.69, 9.17) is 0 Å². The molecule has 0 bridgehead atoms. The van der Waals surface area contributed by atoms with Gasteiger partial charge in [-0.05, 0) is 48.9 Å². The van der Waals surface area contributed by atoms with Gasteiger partial charge in [0.2, 0.25) is 0 Å². The molecule has 1 aromatic heterocycles. The number of rotatable bonds is 3. The number of anilines is 1. The highest BCUT2D eigenvalue weighted by molar-refractivity contribution is 7.90. The summed E-state index contributed by atoms with van der Waals surface area (Å²) in [6, 6.07) is 11.8. The molecule has 23 heavy (non-hydrogen) atoms. The lowest BCUT2D eigenvalue weighted by molar-refractivity contribution is 0.498. The molecule has 2 aromatic rings. The average Bonchev–Trinajstić information content (AvgIpc) is 2.55. The molecule has 1 fully saturated rings. The lowest BCUT2D eigenvalue weighted by Gasteiger charge is -2.34. The maximum absolute atomic E-state index is 12.0. The second kappa shape index (κ2) is 6.32. The molecule has 0 aliphatic carbocycles. The van der Waals surface area contributed by atoms with Crippen molar-refractivity contribution in [1.82, 2.24) is 4.98 Å². The van der Waals surface area contributed by atoms with E-state index in [-0.39, 0.29) is 0 Å². The first kappa shape index (κ1) is 16.0. The van der Waals surface area contributed by atoms with Gasteiger partial charge in [0, 0.05) is 25.5 Å². The summed E-state index contributed by atoms with van der Waals surface area (Å²) in [7, 11) is -3.26. The second-order valence-corrected chi connectivity index (χ2v) is 8.20. The molecule has 1 aromatic carbocycles. The number of benzene rings is 1. The fourth-order valence-corrected chi connectivity index (χ4v) is 4.20. The molecule has 3 rings (SSSR count). The molecule has 0 spiro atoms. The Balaban J connectivity index is 1.79. The van der Waals surface area contributed by atoms with Crippen LogP contribution in [0.2, 0.25) is 0 Å². The zero-order valence-electron chi connectivity index (χ0n) is 13.6. The molecule has 0 saturated carbocycles. The molecule has 0 atom stereocenters. The first-order chi connectivity index (χ1) is 11.0. The number of hydrogen-bond donors (Lipinski definition) is 0. The number of nitrogens with zero attached hydrogens (tertiary/aromatic N) is 2. The summed E-state index contributed by atoms with van der Waals surface area (Å²) < 4.78 is 23.9. The van der Waals surface area contributed by atoms with E-state index in [0.717, 1.165) is 25.9 Å². The Morgan fingerprint density at radius 1 is 1.09 bits per heavy atom. The molecule has 1 aliphatic heterocycles. The van der Waals surface area contributed by atoms with Crippen molar-refractivity contribution >= 4 is 15.7 Å². The van der Waals surface area contributed by atoms with Crippen molar-refractivity contribution in [2.24, 2.45) is 0 Å². The van der Waals surface area contributed by atoms with E-state index in [1.54, 1.807) is 18.3 Å². The van der Waals surface area contributed by atoms with E-state index in [9.17, 15) is 8.42 Å². The Kier molecular flexibility index (Phi) is 4.39. The minimum absolute atomic E-state index is 0.328. The Labute approximate surface area is 138 Å². The van der Waals surface area contributed by atoms with Gasteiger partial charge in [-0.25, -0.2) is 13.4 Å². The maximum atomic E-state index is 12.0. The van der Waals surface area contributed by atoms with Crippen LogP contribution in [0.3, 0.4) is 0 Å². The molecular formula is C18H22N2O2S. The van der Waals surface area contributed by atoms with Crippen LogP contribution < -0.4 is 4.90 Å². The van der Waals surface area contributed by atoms with Gasteiger partial charge in [0.05, 0.1) is 0 Å². The van der Waals surface area contributed by atoms with Gasteiger partial charge >= 0.3 is 0 Å². The summed E-state index contributed by atoms with van der Waals surface area (Å²) in [5, 5.41) is 0. The van der Waals surface area contributed by atoms with Crippen LogP contribution in [0.25, 0.3) is 0 Å².